The molecule has 0 saturated heterocycles. The monoisotopic (exact) mass is 748 g/mol. The number of nitro benzene ring substituents is 2. The smallest absolute Gasteiger partial charge is 0.340 e. The van der Waals surface area contributed by atoms with Crippen molar-refractivity contribution < 1.29 is 29.2 Å². The van der Waals surface area contributed by atoms with Gasteiger partial charge in [0.05, 0.1) is 34.7 Å². The van der Waals surface area contributed by atoms with E-state index in [0.29, 0.717) is 51.0 Å². The largest absolute Gasteiger partial charge is 0.492 e. The minimum absolute atomic E-state index is 0.0244. The number of ether oxygens (including phenoxy) is 2. The van der Waals surface area contributed by atoms with E-state index in [0.717, 1.165) is 22.3 Å². The number of methoxy groups -OCH3 is 2. The van der Waals surface area contributed by atoms with Crippen LogP contribution in [-0.2, 0) is 0 Å². The van der Waals surface area contributed by atoms with Crippen molar-refractivity contribution in [2.75, 3.05) is 19.3 Å². The molecule has 0 spiro atoms. The van der Waals surface area contributed by atoms with Crippen molar-refractivity contribution in [2.45, 2.75) is 0 Å². The number of amidine groups is 1. The van der Waals surface area contributed by atoms with Crippen LogP contribution in [0.4, 0.5) is 22.7 Å². The summed E-state index contributed by atoms with van der Waals surface area (Å²) in [5, 5.41) is 39.6. The number of anilines is 1. The molecule has 0 saturated carbocycles. The number of non-ortho nitro benzene ring substituents is 2. The third-order valence-electron chi connectivity index (χ3n) is 9.07. The van der Waals surface area contributed by atoms with Gasteiger partial charge in [0.1, 0.15) is 11.4 Å². The van der Waals surface area contributed by atoms with Crippen molar-refractivity contribution in [3.8, 4) is 45.4 Å². The molecule has 0 aliphatic carbocycles. The first-order valence-corrected chi connectivity index (χ1v) is 17.2. The van der Waals surface area contributed by atoms with E-state index >= 15 is 0 Å². The van der Waals surface area contributed by atoms with Gasteiger partial charge in [0.15, 0.2) is 11.5 Å². The fourth-order valence-electron chi connectivity index (χ4n) is 6.25. The number of nitrogens with one attached hydrogen (secondary N) is 2. The number of nitrogens with zero attached hydrogens (tertiary/aromatic N) is 8. The molecule has 1 unspecified atom stereocenters. The summed E-state index contributed by atoms with van der Waals surface area (Å²) in [6.07, 6.45) is 0. The standard InChI is InChI=1S/C40H31N10O6/c1-55-37-25-29(13-23-35(37)47-43-39(27-9-5-3-6-10-27)41-45(47)31-15-19-33(20-16-31)49(51)52)30-14-24-36(38(26-30)56-2)48-44-40(28-11-7-4-8-12-28)42-46(48)32-17-21-34(22-18-32)50(53)54/h3-26H,1-2H3,(H,41,43)/q+1/p+1. The predicted octanol–water partition coefficient (Wildman–Crippen LogP) is 5.53. The molecule has 1 aliphatic heterocycles. The zero-order valence-electron chi connectivity index (χ0n) is 29.9. The number of benzene rings is 6. The Morgan fingerprint density at radius 2 is 1.20 bits per heavy atom. The van der Waals surface area contributed by atoms with Crippen molar-refractivity contribution in [1.29, 1.82) is 0 Å². The minimum atomic E-state index is -0.453. The van der Waals surface area contributed by atoms with Crippen LogP contribution < -0.4 is 29.9 Å². The van der Waals surface area contributed by atoms with E-state index in [9.17, 15) is 20.2 Å². The van der Waals surface area contributed by atoms with Crippen LogP contribution in [-0.4, -0.2) is 44.9 Å². The first-order valence-electron chi connectivity index (χ1n) is 17.2. The molecule has 8 rings (SSSR count). The summed E-state index contributed by atoms with van der Waals surface area (Å²) < 4.78 is 11.9. The normalized spacial score (nSPS) is 13.5. The van der Waals surface area contributed by atoms with Crippen LogP contribution in [0.25, 0.3) is 33.9 Å². The van der Waals surface area contributed by atoms with E-state index in [1.54, 1.807) is 53.2 Å². The molecule has 2 heterocycles. The summed E-state index contributed by atoms with van der Waals surface area (Å²) in [5.74, 6) is 2.06. The summed E-state index contributed by atoms with van der Waals surface area (Å²) in [4.78, 5) is 25.0. The quantitative estimate of drug-likeness (QED) is 0.0974. The molecular formula is C40H32N10O6+2. The summed E-state index contributed by atoms with van der Waals surface area (Å²) in [6, 6.07) is 42.8. The van der Waals surface area contributed by atoms with Gasteiger partial charge in [-0.3, -0.25) is 20.2 Å². The molecule has 2 N–H and O–H groups in total. The molecule has 1 aromatic heterocycles. The Bertz CT molecular complexity index is 2600. The van der Waals surface area contributed by atoms with E-state index in [2.05, 4.69) is 5.43 Å². The van der Waals surface area contributed by atoms with Gasteiger partial charge in [0.2, 0.25) is 17.2 Å². The number of quaternary nitrogens is 1. The Morgan fingerprint density at radius 1 is 0.643 bits per heavy atom. The molecule has 0 bridgehead atoms. The molecule has 0 radical (unpaired) electrons. The van der Waals surface area contributed by atoms with Gasteiger partial charge in [-0.15, -0.1) is 0 Å². The highest BCUT2D eigenvalue weighted by Gasteiger charge is 2.35. The van der Waals surface area contributed by atoms with Crippen LogP contribution >= 0.6 is 0 Å². The van der Waals surface area contributed by atoms with Gasteiger partial charge < -0.3 is 9.47 Å². The number of aromatic nitrogens is 4. The maximum Gasteiger partial charge on any atom is 0.340 e. The van der Waals surface area contributed by atoms with E-state index in [1.807, 2.05) is 97.1 Å². The highest BCUT2D eigenvalue weighted by molar-refractivity contribution is 5.99. The Labute approximate surface area is 318 Å². The second-order valence-electron chi connectivity index (χ2n) is 12.4. The van der Waals surface area contributed by atoms with Crippen molar-refractivity contribution in [3.63, 3.8) is 0 Å². The lowest BCUT2D eigenvalue weighted by Crippen LogP contribution is -3.10. The van der Waals surface area contributed by atoms with Gasteiger partial charge in [-0.1, -0.05) is 58.8 Å². The zero-order valence-corrected chi connectivity index (χ0v) is 29.9. The van der Waals surface area contributed by atoms with Gasteiger partial charge in [0, 0.05) is 40.7 Å². The predicted molar refractivity (Wildman–Crippen MR) is 206 cm³/mol. The Kier molecular flexibility index (Phi) is 9.27. The Hall–Kier alpha value is -7.98. The van der Waals surface area contributed by atoms with E-state index in [-0.39, 0.29) is 11.4 Å². The topological polar surface area (TPSA) is 171 Å². The maximum absolute atomic E-state index is 11.4. The second kappa shape index (κ2) is 14.8. The van der Waals surface area contributed by atoms with Crippen molar-refractivity contribution in [3.05, 3.63) is 171 Å². The summed E-state index contributed by atoms with van der Waals surface area (Å²) in [6.45, 7) is 0. The fraction of sp³-hybridized carbons (Fsp3) is 0.0500. The van der Waals surface area contributed by atoms with Gasteiger partial charge in [-0.25, -0.2) is 5.43 Å². The number of hydrogen-bond donors (Lipinski definition) is 2. The summed E-state index contributed by atoms with van der Waals surface area (Å²) in [7, 11) is 3.15. The lowest BCUT2D eigenvalue weighted by atomic mass is 10.0. The van der Waals surface area contributed by atoms with Crippen LogP contribution in [0.2, 0.25) is 0 Å². The van der Waals surface area contributed by atoms with Gasteiger partial charge in [-0.2, -0.15) is 0 Å². The van der Waals surface area contributed by atoms with Crippen LogP contribution in [0.3, 0.4) is 0 Å². The maximum atomic E-state index is 11.4. The van der Waals surface area contributed by atoms with E-state index < -0.39 is 9.85 Å². The van der Waals surface area contributed by atoms with Crippen LogP contribution in [0.5, 0.6) is 11.5 Å². The molecule has 0 fully saturated rings. The molecule has 16 heteroatoms. The lowest BCUT2D eigenvalue weighted by Gasteiger charge is -2.23. The minimum Gasteiger partial charge on any atom is -0.492 e. The fourth-order valence-corrected chi connectivity index (χ4v) is 6.25. The number of rotatable bonds is 11. The van der Waals surface area contributed by atoms with E-state index in [1.165, 1.54) is 24.3 Å². The van der Waals surface area contributed by atoms with Gasteiger partial charge in [-0.05, 0) is 92.9 Å². The average Bonchev–Trinajstić information content (AvgIpc) is 3.90. The second-order valence-corrected chi connectivity index (χ2v) is 12.4. The Morgan fingerprint density at radius 3 is 1.79 bits per heavy atom. The van der Waals surface area contributed by atoms with Crippen molar-refractivity contribution in [1.82, 2.24) is 20.4 Å². The van der Waals surface area contributed by atoms with Crippen LogP contribution in [0, 0.1) is 20.2 Å². The van der Waals surface area contributed by atoms with Crippen molar-refractivity contribution >= 4 is 28.6 Å². The number of nitro groups is 2. The molecule has 56 heavy (non-hydrogen) atoms. The third kappa shape index (κ3) is 6.70. The molecule has 16 nitrogen and oxygen atoms in total. The van der Waals surface area contributed by atoms with Crippen molar-refractivity contribution in [2.24, 2.45) is 5.10 Å². The first kappa shape index (κ1) is 35.1. The molecule has 7 aromatic rings. The van der Waals surface area contributed by atoms with Gasteiger partial charge in [0.25, 0.3) is 11.4 Å². The zero-order chi connectivity index (χ0) is 38.8. The number of hydrazine groups is 1. The summed E-state index contributed by atoms with van der Waals surface area (Å²) in [5.41, 5.74) is 9.00. The molecule has 1 atom stereocenters. The van der Waals surface area contributed by atoms with E-state index in [4.69, 9.17) is 24.8 Å². The molecule has 0 amide bonds. The SMILES string of the molecule is COc1cc(-c2ccc([NH+]3N=C(c4ccccc4)NN3c3ccc([N+](=O)[O-])cc3)c(OC)c2)ccc1-[n+]1nc(-c2ccccc2)nn1-c1ccc([N+](=O)[O-])cc1. The number of tetrazole rings is 1. The Balaban J connectivity index is 1.17. The molecule has 6 aromatic carbocycles. The molecule has 1 aliphatic rings. The lowest BCUT2D eigenvalue weighted by molar-refractivity contribution is -0.846. The molecular weight excluding hydrogens is 717 g/mol. The van der Waals surface area contributed by atoms with Gasteiger partial charge >= 0.3 is 5.82 Å². The highest BCUT2D eigenvalue weighted by Crippen LogP contribution is 2.33. The first-order chi connectivity index (χ1) is 27.3. The van der Waals surface area contributed by atoms with Crippen LogP contribution in [0.15, 0.2) is 151 Å². The average molecular weight is 749 g/mol. The molecule has 276 valence electrons. The summed E-state index contributed by atoms with van der Waals surface area (Å²) >= 11 is 0. The highest BCUT2D eigenvalue weighted by atomic mass is 16.6. The third-order valence-corrected chi connectivity index (χ3v) is 9.07. The number of hydrogen-bond acceptors (Lipinski definition) is 11. The van der Waals surface area contributed by atoms with Crippen LogP contribution in [0.1, 0.15) is 5.56 Å².